The van der Waals surface area contributed by atoms with Crippen LogP contribution in [0.25, 0.3) is 6.08 Å². The van der Waals surface area contributed by atoms with Crippen molar-refractivity contribution in [3.8, 4) is 11.5 Å². The van der Waals surface area contributed by atoms with Crippen LogP contribution in [0.5, 0.6) is 11.5 Å². The van der Waals surface area contributed by atoms with Crippen LogP contribution in [-0.4, -0.2) is 36.7 Å². The highest BCUT2D eigenvalue weighted by atomic mass is 35.5. The smallest absolute Gasteiger partial charge is 0.231 e. The summed E-state index contributed by atoms with van der Waals surface area (Å²) in [5.74, 6) is 1.61. The van der Waals surface area contributed by atoms with E-state index in [-0.39, 0.29) is 11.9 Å². The second-order valence-corrected chi connectivity index (χ2v) is 7.77. The lowest BCUT2D eigenvalue weighted by atomic mass is 10.0. The highest BCUT2D eigenvalue weighted by Gasteiger charge is 2.34. The fraction of sp³-hybridized carbons (Fsp3) is 0.318. The van der Waals surface area contributed by atoms with Crippen LogP contribution < -0.4 is 9.47 Å². The number of hydrogen-bond acceptors (Lipinski definition) is 5. The summed E-state index contributed by atoms with van der Waals surface area (Å²) in [6, 6.07) is 10.9. The van der Waals surface area contributed by atoms with Crippen molar-refractivity contribution >= 4 is 23.5 Å². The molecule has 0 N–H and O–H groups in total. The third kappa shape index (κ3) is 3.30. The van der Waals surface area contributed by atoms with Crippen LogP contribution in [-0.2, 0) is 11.3 Å². The van der Waals surface area contributed by atoms with Crippen molar-refractivity contribution in [2.45, 2.75) is 25.5 Å². The number of ether oxygens (including phenoxy) is 3. The van der Waals surface area contributed by atoms with E-state index in [9.17, 15) is 4.79 Å². The molecule has 1 saturated heterocycles. The van der Waals surface area contributed by atoms with Crippen LogP contribution in [0.1, 0.15) is 34.3 Å². The van der Waals surface area contributed by atoms with Crippen molar-refractivity contribution in [1.29, 1.82) is 0 Å². The number of hydrogen-bond donors (Lipinski definition) is 0. The molecule has 3 heterocycles. The van der Waals surface area contributed by atoms with E-state index < -0.39 is 0 Å². The molecule has 1 atom stereocenters. The summed E-state index contributed by atoms with van der Waals surface area (Å²) < 4.78 is 17.7. The molecule has 1 fully saturated rings. The third-order valence-corrected chi connectivity index (χ3v) is 5.59. The first-order chi connectivity index (χ1) is 13.7. The molecule has 0 amide bonds. The van der Waals surface area contributed by atoms with E-state index in [1.165, 1.54) is 0 Å². The average molecular weight is 398 g/mol. The van der Waals surface area contributed by atoms with Gasteiger partial charge in [0.1, 0.15) is 18.2 Å². The number of carbonyl (C=O) groups excluding carboxylic acids is 1. The Morgan fingerprint density at radius 3 is 2.82 bits per heavy atom. The summed E-state index contributed by atoms with van der Waals surface area (Å²) in [4.78, 5) is 15.0. The topological polar surface area (TPSA) is 48.0 Å². The molecule has 5 rings (SSSR count). The van der Waals surface area contributed by atoms with E-state index in [0.717, 1.165) is 42.9 Å². The molecule has 3 aliphatic rings. The number of benzene rings is 2. The Morgan fingerprint density at radius 2 is 2.04 bits per heavy atom. The van der Waals surface area contributed by atoms with Crippen LogP contribution in [0.2, 0.25) is 5.02 Å². The Hall–Kier alpha value is -2.34. The molecule has 0 radical (unpaired) electrons. The largest absolute Gasteiger partial charge is 0.478 e. The number of Topliss-reactive ketones (excluding diaryl/α,β-unsaturated/α-hetero) is 1. The van der Waals surface area contributed by atoms with Gasteiger partial charge in [-0.2, -0.15) is 0 Å². The van der Waals surface area contributed by atoms with Crippen molar-refractivity contribution in [3.05, 3.63) is 63.9 Å². The molecular formula is C22H20ClNO4. The minimum Gasteiger partial charge on any atom is -0.478 e. The van der Waals surface area contributed by atoms with Crippen LogP contribution in [0.3, 0.4) is 0 Å². The van der Waals surface area contributed by atoms with Gasteiger partial charge >= 0.3 is 0 Å². The molecule has 144 valence electrons. The summed E-state index contributed by atoms with van der Waals surface area (Å²) in [5.41, 5.74) is 2.38. The lowest BCUT2D eigenvalue weighted by molar-refractivity contribution is 0.0274. The number of ketones is 1. The Labute approximate surface area is 168 Å². The second kappa shape index (κ2) is 7.24. The number of allylic oxidation sites excluding steroid dienone is 1. The van der Waals surface area contributed by atoms with E-state index in [1.54, 1.807) is 24.3 Å². The lowest BCUT2D eigenvalue weighted by Crippen LogP contribution is -2.37. The minimum atomic E-state index is -0.107. The molecule has 1 unspecified atom stereocenters. The van der Waals surface area contributed by atoms with Crippen LogP contribution in [0.4, 0.5) is 0 Å². The number of nitrogens with zero attached hydrogens (tertiary/aromatic N) is 1. The standard InChI is InChI=1S/C22H20ClNO4/c23-15-5-3-14(4-6-15)10-20-21(25)17-7-8-19-18(22(17)28-20)12-24(13-27-19)11-16-2-1-9-26-16/h3-8,10,16H,1-2,9,11-13H2/b20-10-. The number of fused-ring (bicyclic) bond motifs is 3. The maximum atomic E-state index is 12.8. The quantitative estimate of drug-likeness (QED) is 0.723. The highest BCUT2D eigenvalue weighted by molar-refractivity contribution is 6.30. The summed E-state index contributed by atoms with van der Waals surface area (Å²) in [5, 5.41) is 0.654. The molecule has 0 aromatic heterocycles. The monoisotopic (exact) mass is 397 g/mol. The molecule has 0 spiro atoms. The van der Waals surface area contributed by atoms with Gasteiger partial charge in [-0.05, 0) is 48.7 Å². The van der Waals surface area contributed by atoms with Crippen LogP contribution >= 0.6 is 11.6 Å². The number of carbonyl (C=O) groups is 1. The van der Waals surface area contributed by atoms with Crippen molar-refractivity contribution in [2.75, 3.05) is 19.9 Å². The minimum absolute atomic E-state index is 0.107. The van der Waals surface area contributed by atoms with E-state index >= 15 is 0 Å². The van der Waals surface area contributed by atoms with Gasteiger partial charge in [-0.1, -0.05) is 23.7 Å². The van der Waals surface area contributed by atoms with Crippen molar-refractivity contribution in [1.82, 2.24) is 4.90 Å². The molecule has 3 aliphatic heterocycles. The number of rotatable bonds is 3. The predicted molar refractivity (Wildman–Crippen MR) is 106 cm³/mol. The maximum Gasteiger partial charge on any atom is 0.231 e. The van der Waals surface area contributed by atoms with Gasteiger partial charge in [-0.3, -0.25) is 9.69 Å². The zero-order valence-electron chi connectivity index (χ0n) is 15.3. The summed E-state index contributed by atoms with van der Waals surface area (Å²) in [7, 11) is 0. The maximum absolute atomic E-state index is 12.8. The molecule has 28 heavy (non-hydrogen) atoms. The van der Waals surface area contributed by atoms with Gasteiger partial charge < -0.3 is 14.2 Å². The fourth-order valence-electron chi connectivity index (χ4n) is 3.91. The van der Waals surface area contributed by atoms with Crippen molar-refractivity contribution in [3.63, 3.8) is 0 Å². The van der Waals surface area contributed by atoms with Crippen LogP contribution in [0, 0.1) is 0 Å². The molecule has 2 aromatic rings. The number of halogens is 1. The van der Waals surface area contributed by atoms with Gasteiger partial charge in [0.05, 0.1) is 17.2 Å². The summed E-state index contributed by atoms with van der Waals surface area (Å²) >= 11 is 5.94. The Balaban J connectivity index is 1.41. The van der Waals surface area contributed by atoms with E-state index in [2.05, 4.69) is 4.90 Å². The predicted octanol–water partition coefficient (Wildman–Crippen LogP) is 4.29. The zero-order chi connectivity index (χ0) is 19.1. The summed E-state index contributed by atoms with van der Waals surface area (Å²) in [6.07, 6.45) is 4.20. The second-order valence-electron chi connectivity index (χ2n) is 7.33. The normalized spacial score (nSPS) is 22.7. The molecule has 2 aromatic carbocycles. The van der Waals surface area contributed by atoms with Crippen molar-refractivity contribution < 1.29 is 19.0 Å². The SMILES string of the molecule is O=C1/C(=C/c2ccc(Cl)cc2)Oc2c1ccc1c2CN(CC2CCCO2)CO1. The zero-order valence-corrected chi connectivity index (χ0v) is 16.1. The Bertz CT molecular complexity index is 948. The Morgan fingerprint density at radius 1 is 1.18 bits per heavy atom. The summed E-state index contributed by atoms with van der Waals surface area (Å²) in [6.45, 7) is 2.86. The van der Waals surface area contributed by atoms with Gasteiger partial charge in [0, 0.05) is 24.7 Å². The molecular weight excluding hydrogens is 378 g/mol. The van der Waals surface area contributed by atoms with Crippen LogP contribution in [0.15, 0.2) is 42.2 Å². The molecule has 6 heteroatoms. The van der Waals surface area contributed by atoms with E-state index in [0.29, 0.717) is 35.4 Å². The first-order valence-electron chi connectivity index (χ1n) is 9.50. The first-order valence-corrected chi connectivity index (χ1v) is 9.87. The average Bonchev–Trinajstić information content (AvgIpc) is 3.32. The highest BCUT2D eigenvalue weighted by Crippen LogP contribution is 2.42. The Kier molecular flexibility index (Phi) is 4.59. The van der Waals surface area contributed by atoms with Crippen molar-refractivity contribution in [2.24, 2.45) is 0 Å². The van der Waals surface area contributed by atoms with Gasteiger partial charge in [0.15, 0.2) is 5.76 Å². The molecule has 0 aliphatic carbocycles. The van der Waals surface area contributed by atoms with Gasteiger partial charge in [-0.15, -0.1) is 0 Å². The lowest BCUT2D eigenvalue weighted by Gasteiger charge is -2.31. The van der Waals surface area contributed by atoms with Gasteiger partial charge in [0.2, 0.25) is 5.78 Å². The molecule has 5 nitrogen and oxygen atoms in total. The molecule has 0 saturated carbocycles. The van der Waals surface area contributed by atoms with E-state index in [1.807, 2.05) is 18.2 Å². The van der Waals surface area contributed by atoms with Gasteiger partial charge in [-0.25, -0.2) is 0 Å². The van der Waals surface area contributed by atoms with Gasteiger partial charge in [0.25, 0.3) is 0 Å². The fourth-order valence-corrected chi connectivity index (χ4v) is 4.03. The van der Waals surface area contributed by atoms with E-state index in [4.69, 9.17) is 25.8 Å². The third-order valence-electron chi connectivity index (χ3n) is 5.34. The molecule has 0 bridgehead atoms. The first kappa shape index (κ1) is 17.7.